The molecule has 16 heavy (non-hydrogen) atoms. The second-order valence-electron chi connectivity index (χ2n) is 4.81. The Morgan fingerprint density at radius 1 is 1.50 bits per heavy atom. The topological polar surface area (TPSA) is 29.9 Å². The standard InChI is InChI=1S/C13H23N3/c1-2-5-13(12-6-7-12)14-8-3-10-16-11-4-9-15-16/h4,9,11-14H,2-3,5-8,10H2,1H3. The van der Waals surface area contributed by atoms with Crippen LogP contribution in [0.5, 0.6) is 0 Å². The van der Waals surface area contributed by atoms with Crippen LogP contribution in [0.15, 0.2) is 18.5 Å². The lowest BCUT2D eigenvalue weighted by Crippen LogP contribution is -2.32. The van der Waals surface area contributed by atoms with Gasteiger partial charge < -0.3 is 5.32 Å². The highest BCUT2D eigenvalue weighted by atomic mass is 15.3. The van der Waals surface area contributed by atoms with Gasteiger partial charge in [0.15, 0.2) is 0 Å². The number of nitrogens with one attached hydrogen (secondary N) is 1. The monoisotopic (exact) mass is 221 g/mol. The fraction of sp³-hybridized carbons (Fsp3) is 0.769. The van der Waals surface area contributed by atoms with E-state index in [4.69, 9.17) is 0 Å². The van der Waals surface area contributed by atoms with Crippen LogP contribution in [-0.2, 0) is 6.54 Å². The fourth-order valence-corrected chi connectivity index (χ4v) is 2.28. The van der Waals surface area contributed by atoms with E-state index in [0.29, 0.717) is 0 Å². The molecule has 3 heteroatoms. The van der Waals surface area contributed by atoms with E-state index in [-0.39, 0.29) is 0 Å². The molecule has 1 fully saturated rings. The number of hydrogen-bond acceptors (Lipinski definition) is 2. The van der Waals surface area contributed by atoms with Crippen molar-refractivity contribution in [1.82, 2.24) is 15.1 Å². The van der Waals surface area contributed by atoms with E-state index in [2.05, 4.69) is 17.3 Å². The van der Waals surface area contributed by atoms with Gasteiger partial charge >= 0.3 is 0 Å². The van der Waals surface area contributed by atoms with Crippen molar-refractivity contribution >= 4 is 0 Å². The van der Waals surface area contributed by atoms with Gasteiger partial charge in [-0.1, -0.05) is 13.3 Å². The molecule has 0 amide bonds. The summed E-state index contributed by atoms with van der Waals surface area (Å²) in [5.41, 5.74) is 0. The summed E-state index contributed by atoms with van der Waals surface area (Å²) in [4.78, 5) is 0. The molecule has 0 radical (unpaired) electrons. The molecule has 0 aromatic carbocycles. The smallest absolute Gasteiger partial charge is 0.0489 e. The summed E-state index contributed by atoms with van der Waals surface area (Å²) in [6, 6.07) is 2.76. The molecule has 1 aliphatic rings. The van der Waals surface area contributed by atoms with Crippen molar-refractivity contribution in [1.29, 1.82) is 0 Å². The summed E-state index contributed by atoms with van der Waals surface area (Å²) in [5.74, 6) is 0.977. The van der Waals surface area contributed by atoms with Crippen molar-refractivity contribution in [2.24, 2.45) is 5.92 Å². The van der Waals surface area contributed by atoms with Gasteiger partial charge in [-0.05, 0) is 44.2 Å². The highest BCUT2D eigenvalue weighted by Gasteiger charge is 2.29. The molecule has 1 atom stereocenters. The predicted molar refractivity (Wildman–Crippen MR) is 66.3 cm³/mol. The Bertz CT molecular complexity index is 277. The summed E-state index contributed by atoms with van der Waals surface area (Å²) >= 11 is 0. The summed E-state index contributed by atoms with van der Waals surface area (Å²) in [6.45, 7) is 4.44. The molecule has 1 N–H and O–H groups in total. The maximum Gasteiger partial charge on any atom is 0.0489 e. The molecule has 1 saturated carbocycles. The van der Waals surface area contributed by atoms with Crippen LogP contribution in [0.2, 0.25) is 0 Å². The van der Waals surface area contributed by atoms with Crippen LogP contribution in [0.3, 0.4) is 0 Å². The molecule has 1 aromatic rings. The van der Waals surface area contributed by atoms with Crippen LogP contribution in [0, 0.1) is 5.92 Å². The normalized spacial score (nSPS) is 17.6. The number of aromatic nitrogens is 2. The van der Waals surface area contributed by atoms with E-state index in [0.717, 1.165) is 25.0 Å². The van der Waals surface area contributed by atoms with Crippen molar-refractivity contribution < 1.29 is 0 Å². The molecular weight excluding hydrogens is 198 g/mol. The third-order valence-electron chi connectivity index (χ3n) is 3.32. The van der Waals surface area contributed by atoms with Crippen molar-refractivity contribution in [3.63, 3.8) is 0 Å². The van der Waals surface area contributed by atoms with Gasteiger partial charge in [-0.3, -0.25) is 4.68 Å². The zero-order valence-corrected chi connectivity index (χ0v) is 10.2. The van der Waals surface area contributed by atoms with E-state index in [1.165, 1.54) is 32.1 Å². The highest BCUT2D eigenvalue weighted by Crippen LogP contribution is 2.34. The lowest BCUT2D eigenvalue weighted by molar-refractivity contribution is 0.416. The van der Waals surface area contributed by atoms with Crippen molar-refractivity contribution in [2.75, 3.05) is 6.54 Å². The lowest BCUT2D eigenvalue weighted by atomic mass is 10.1. The van der Waals surface area contributed by atoms with Crippen LogP contribution >= 0.6 is 0 Å². The van der Waals surface area contributed by atoms with E-state index >= 15 is 0 Å². The Morgan fingerprint density at radius 3 is 3.00 bits per heavy atom. The van der Waals surface area contributed by atoms with Gasteiger partial charge in [0, 0.05) is 25.0 Å². The first-order valence-electron chi connectivity index (χ1n) is 6.61. The predicted octanol–water partition coefficient (Wildman–Crippen LogP) is 2.44. The van der Waals surface area contributed by atoms with E-state index < -0.39 is 0 Å². The maximum atomic E-state index is 4.21. The molecule has 0 aliphatic heterocycles. The van der Waals surface area contributed by atoms with Gasteiger partial charge in [-0.2, -0.15) is 5.10 Å². The highest BCUT2D eigenvalue weighted by molar-refractivity contribution is 4.86. The largest absolute Gasteiger partial charge is 0.314 e. The summed E-state index contributed by atoms with van der Waals surface area (Å²) in [6.07, 6.45) is 10.6. The van der Waals surface area contributed by atoms with E-state index in [1.807, 2.05) is 23.1 Å². The second kappa shape index (κ2) is 6.04. The molecule has 1 aromatic heterocycles. The summed E-state index contributed by atoms with van der Waals surface area (Å²) < 4.78 is 2.01. The quantitative estimate of drug-likeness (QED) is 0.683. The molecule has 1 heterocycles. The first kappa shape index (κ1) is 11.6. The average molecular weight is 221 g/mol. The van der Waals surface area contributed by atoms with Crippen LogP contribution in [0.4, 0.5) is 0 Å². The molecule has 0 bridgehead atoms. The van der Waals surface area contributed by atoms with Crippen molar-refractivity contribution in [2.45, 2.75) is 51.6 Å². The van der Waals surface area contributed by atoms with Gasteiger partial charge in [0.25, 0.3) is 0 Å². The number of hydrogen-bond donors (Lipinski definition) is 1. The van der Waals surface area contributed by atoms with Gasteiger partial charge in [-0.15, -0.1) is 0 Å². The average Bonchev–Trinajstić information content (AvgIpc) is 3.01. The lowest BCUT2D eigenvalue weighted by Gasteiger charge is -2.17. The molecule has 1 unspecified atom stereocenters. The Hall–Kier alpha value is -0.830. The number of nitrogens with zero attached hydrogens (tertiary/aromatic N) is 2. The van der Waals surface area contributed by atoms with E-state index in [1.54, 1.807) is 0 Å². The van der Waals surface area contributed by atoms with Crippen molar-refractivity contribution in [3.8, 4) is 0 Å². The minimum atomic E-state index is 0.780. The summed E-state index contributed by atoms with van der Waals surface area (Å²) in [7, 11) is 0. The Balaban J connectivity index is 1.59. The summed E-state index contributed by atoms with van der Waals surface area (Å²) in [5, 5.41) is 7.91. The molecule has 2 rings (SSSR count). The first-order chi connectivity index (χ1) is 7.90. The van der Waals surface area contributed by atoms with E-state index in [9.17, 15) is 0 Å². The molecule has 90 valence electrons. The Kier molecular flexibility index (Phi) is 4.40. The minimum Gasteiger partial charge on any atom is -0.314 e. The first-order valence-corrected chi connectivity index (χ1v) is 6.61. The zero-order valence-electron chi connectivity index (χ0n) is 10.2. The van der Waals surface area contributed by atoms with Gasteiger partial charge in [0.05, 0.1) is 0 Å². The Labute approximate surface area is 98.2 Å². The third kappa shape index (κ3) is 3.63. The van der Waals surface area contributed by atoms with Crippen molar-refractivity contribution in [3.05, 3.63) is 18.5 Å². The van der Waals surface area contributed by atoms with Gasteiger partial charge in [-0.25, -0.2) is 0 Å². The second-order valence-corrected chi connectivity index (χ2v) is 4.81. The zero-order chi connectivity index (χ0) is 11.2. The van der Waals surface area contributed by atoms with Gasteiger partial charge in [0.2, 0.25) is 0 Å². The molecule has 0 saturated heterocycles. The Morgan fingerprint density at radius 2 is 2.38 bits per heavy atom. The van der Waals surface area contributed by atoms with Crippen LogP contribution < -0.4 is 5.32 Å². The molecule has 3 nitrogen and oxygen atoms in total. The number of rotatable bonds is 8. The van der Waals surface area contributed by atoms with Gasteiger partial charge in [0.1, 0.15) is 0 Å². The molecule has 0 spiro atoms. The van der Waals surface area contributed by atoms with Crippen LogP contribution in [0.1, 0.15) is 39.0 Å². The molecule has 1 aliphatic carbocycles. The van der Waals surface area contributed by atoms with Crippen LogP contribution in [-0.4, -0.2) is 22.4 Å². The van der Waals surface area contributed by atoms with Crippen LogP contribution in [0.25, 0.3) is 0 Å². The maximum absolute atomic E-state index is 4.21. The number of aryl methyl sites for hydroxylation is 1. The fourth-order valence-electron chi connectivity index (χ4n) is 2.28. The minimum absolute atomic E-state index is 0.780. The molecular formula is C13H23N3. The SMILES string of the molecule is CCCC(NCCCn1cccn1)C1CC1. The third-order valence-corrected chi connectivity index (χ3v) is 3.32.